The van der Waals surface area contributed by atoms with Crippen LogP contribution in [-0.2, 0) is 22.3 Å². The van der Waals surface area contributed by atoms with Gasteiger partial charge >= 0.3 is 0 Å². The highest BCUT2D eigenvalue weighted by Crippen LogP contribution is 2.40. The van der Waals surface area contributed by atoms with Gasteiger partial charge in [-0.2, -0.15) is 0 Å². The Hall–Kier alpha value is -3.46. The molecule has 1 unspecified atom stereocenters. The third kappa shape index (κ3) is 4.56. The number of para-hydroxylation sites is 1. The number of carbonyl (C=O) groups excluding carboxylic acids is 1. The van der Waals surface area contributed by atoms with E-state index in [2.05, 4.69) is 6.07 Å². The van der Waals surface area contributed by atoms with Crippen molar-refractivity contribution in [3.63, 3.8) is 0 Å². The second-order valence-electron chi connectivity index (χ2n) is 9.68. The molecule has 0 aliphatic carbocycles. The minimum absolute atomic E-state index is 0.0171. The maximum atomic E-state index is 13.1. The quantitative estimate of drug-likeness (QED) is 0.372. The highest BCUT2D eigenvalue weighted by molar-refractivity contribution is 7.82. The number of carbonyl (C=O) groups is 1. The lowest BCUT2D eigenvalue weighted by molar-refractivity contribution is -0.223. The number of hydrogen-bond acceptors (Lipinski definition) is 5. The van der Waals surface area contributed by atoms with Crippen LogP contribution >= 0.6 is 0 Å². The minimum Gasteiger partial charge on any atom is -0.462 e. The summed E-state index contributed by atoms with van der Waals surface area (Å²) in [6.07, 6.45) is 1.23. The molecule has 1 atom stereocenters. The van der Waals surface area contributed by atoms with Gasteiger partial charge in [-0.15, -0.1) is 0 Å². The molecule has 4 aromatic rings. The van der Waals surface area contributed by atoms with E-state index in [-0.39, 0.29) is 5.91 Å². The molecule has 3 aromatic carbocycles. The smallest absolute Gasteiger partial charge is 0.253 e. The first-order valence-corrected chi connectivity index (χ1v) is 13.4. The van der Waals surface area contributed by atoms with Crippen molar-refractivity contribution in [2.75, 3.05) is 27.2 Å². The molecule has 3 heterocycles. The van der Waals surface area contributed by atoms with Crippen LogP contribution in [0.25, 0.3) is 22.1 Å². The Morgan fingerprint density at radius 3 is 2.41 bits per heavy atom. The average Bonchev–Trinajstić information content (AvgIpc) is 3.37. The lowest BCUT2D eigenvalue weighted by Crippen LogP contribution is -2.51. The summed E-state index contributed by atoms with van der Waals surface area (Å²) in [6, 6.07) is 23.3. The van der Waals surface area contributed by atoms with Crippen LogP contribution in [0.3, 0.4) is 0 Å². The van der Waals surface area contributed by atoms with Gasteiger partial charge in [-0.1, -0.05) is 36.4 Å². The Morgan fingerprint density at radius 1 is 0.946 bits per heavy atom. The van der Waals surface area contributed by atoms with E-state index in [0.717, 1.165) is 33.4 Å². The molecule has 2 aliphatic rings. The zero-order chi connectivity index (χ0) is 25.6. The molecule has 7 nitrogen and oxygen atoms in total. The minimum atomic E-state index is -1.37. The largest absolute Gasteiger partial charge is 0.462 e. The van der Waals surface area contributed by atoms with Gasteiger partial charge < -0.3 is 18.8 Å². The summed E-state index contributed by atoms with van der Waals surface area (Å²) in [5.41, 5.74) is 4.46. The van der Waals surface area contributed by atoms with Crippen LogP contribution < -0.4 is 4.74 Å². The molecule has 1 aromatic heterocycles. The molecule has 1 fully saturated rings. The number of benzene rings is 3. The van der Waals surface area contributed by atoms with Gasteiger partial charge in [-0.05, 0) is 41.5 Å². The number of ether oxygens (including phenoxy) is 2. The van der Waals surface area contributed by atoms with Crippen LogP contribution in [0.1, 0.15) is 28.8 Å². The fourth-order valence-corrected chi connectivity index (χ4v) is 6.04. The van der Waals surface area contributed by atoms with Crippen molar-refractivity contribution in [1.29, 1.82) is 0 Å². The molecule has 1 saturated heterocycles. The monoisotopic (exact) mass is 516 g/mol. The lowest BCUT2D eigenvalue weighted by Gasteiger charge is -2.43. The fourth-order valence-electron chi connectivity index (χ4n) is 4.88. The maximum absolute atomic E-state index is 13.1. The van der Waals surface area contributed by atoms with Crippen LogP contribution in [0.15, 0.2) is 82.3 Å². The molecule has 0 bridgehead atoms. The normalized spacial score (nSPS) is 17.8. The third-order valence-electron chi connectivity index (χ3n) is 7.01. The van der Waals surface area contributed by atoms with Crippen LogP contribution in [0, 0.1) is 0 Å². The number of amides is 1. The number of furan rings is 1. The predicted octanol–water partition coefficient (Wildman–Crippen LogP) is 5.23. The van der Waals surface area contributed by atoms with Crippen molar-refractivity contribution < 1.29 is 22.9 Å². The van der Waals surface area contributed by atoms with Crippen LogP contribution in [0.5, 0.6) is 5.75 Å². The molecule has 190 valence electrons. The Balaban J connectivity index is 1.12. The number of fused-ring (bicyclic) bond motifs is 2. The van der Waals surface area contributed by atoms with E-state index in [9.17, 15) is 9.00 Å². The highest BCUT2D eigenvalue weighted by Gasteiger charge is 2.42. The number of nitrogens with zero attached hydrogens (tertiary/aromatic N) is 2. The van der Waals surface area contributed by atoms with Gasteiger partial charge in [0.1, 0.15) is 11.3 Å². The summed E-state index contributed by atoms with van der Waals surface area (Å²) in [4.78, 5) is 13.7. The van der Waals surface area contributed by atoms with Gasteiger partial charge in [0.05, 0.1) is 6.61 Å². The summed E-state index contributed by atoms with van der Waals surface area (Å²) in [5.74, 6) is 0.0925. The van der Waals surface area contributed by atoms with Crippen LogP contribution in [0.2, 0.25) is 0 Å². The van der Waals surface area contributed by atoms with E-state index in [1.54, 1.807) is 19.0 Å². The van der Waals surface area contributed by atoms with E-state index < -0.39 is 16.8 Å². The van der Waals surface area contributed by atoms with Crippen molar-refractivity contribution in [3.05, 3.63) is 83.9 Å². The molecule has 0 saturated carbocycles. The van der Waals surface area contributed by atoms with Crippen molar-refractivity contribution >= 4 is 27.9 Å². The van der Waals surface area contributed by atoms with Crippen molar-refractivity contribution in [2.45, 2.75) is 30.3 Å². The molecular weight excluding hydrogens is 488 g/mol. The third-order valence-corrected chi connectivity index (χ3v) is 8.39. The second kappa shape index (κ2) is 9.45. The van der Waals surface area contributed by atoms with Gasteiger partial charge in [0.25, 0.3) is 5.91 Å². The summed E-state index contributed by atoms with van der Waals surface area (Å²) in [7, 11) is 2.12. The zero-order valence-corrected chi connectivity index (χ0v) is 21.6. The van der Waals surface area contributed by atoms with Crippen molar-refractivity contribution in [1.82, 2.24) is 9.21 Å². The van der Waals surface area contributed by atoms with Gasteiger partial charge in [0.15, 0.2) is 11.0 Å². The van der Waals surface area contributed by atoms with Gasteiger partial charge in [-0.25, -0.2) is 8.51 Å². The molecule has 0 radical (unpaired) electrons. The Labute approximate surface area is 218 Å². The van der Waals surface area contributed by atoms with Gasteiger partial charge in [-0.3, -0.25) is 4.79 Å². The lowest BCUT2D eigenvalue weighted by atomic mass is 9.99. The number of piperidine rings is 1. The summed E-state index contributed by atoms with van der Waals surface area (Å²) < 4.78 is 33.5. The van der Waals surface area contributed by atoms with E-state index >= 15 is 0 Å². The molecule has 37 heavy (non-hydrogen) atoms. The van der Waals surface area contributed by atoms with Crippen molar-refractivity contribution in [2.24, 2.45) is 0 Å². The second-order valence-corrected chi connectivity index (χ2v) is 11.1. The topological polar surface area (TPSA) is 72.2 Å². The summed E-state index contributed by atoms with van der Waals surface area (Å²) >= 11 is 0. The first-order chi connectivity index (χ1) is 17.9. The molecule has 8 heteroatoms. The van der Waals surface area contributed by atoms with Gasteiger partial charge in [0, 0.05) is 62.6 Å². The Bertz CT molecular complexity index is 1450. The van der Waals surface area contributed by atoms with E-state index in [0.29, 0.717) is 43.2 Å². The van der Waals surface area contributed by atoms with E-state index in [4.69, 9.17) is 13.9 Å². The average molecular weight is 517 g/mol. The SMILES string of the molecule is CN(C)C(=O)c1ccc(-c2ccc3c(c2)COC2(CCN(S(=O)c4cc5ccccc5o4)CC2)O3)cc1. The number of hydrogen-bond donors (Lipinski definition) is 0. The molecule has 6 rings (SSSR count). The van der Waals surface area contributed by atoms with Gasteiger partial charge in [0.2, 0.25) is 10.9 Å². The predicted molar refractivity (Wildman–Crippen MR) is 141 cm³/mol. The molecule has 0 N–H and O–H groups in total. The van der Waals surface area contributed by atoms with Crippen molar-refractivity contribution in [3.8, 4) is 16.9 Å². The van der Waals surface area contributed by atoms with Crippen LogP contribution in [-0.4, -0.2) is 52.3 Å². The highest BCUT2D eigenvalue weighted by atomic mass is 32.2. The fraction of sp³-hybridized carbons (Fsp3) is 0.276. The molecular formula is C29H28N2O5S. The Kier molecular flexibility index (Phi) is 6.10. The first kappa shape index (κ1) is 23.9. The standard InChI is InChI=1S/C29H28N2O5S/c1-30(2)28(32)21-9-7-20(8-10-21)22-11-12-26-24(17-22)19-34-29(36-26)13-15-31(16-14-29)37(33)27-18-23-5-3-4-6-25(23)35-27/h3-12,17-18H,13-16,19H2,1-2H3. The zero-order valence-electron chi connectivity index (χ0n) is 20.8. The number of rotatable bonds is 4. The van der Waals surface area contributed by atoms with E-state index in [1.165, 1.54) is 0 Å². The molecule has 1 spiro atoms. The maximum Gasteiger partial charge on any atom is 0.253 e. The van der Waals surface area contributed by atoms with E-state index in [1.807, 2.05) is 71.0 Å². The Morgan fingerprint density at radius 2 is 1.68 bits per heavy atom. The summed E-state index contributed by atoms with van der Waals surface area (Å²) in [6.45, 7) is 1.61. The van der Waals surface area contributed by atoms with Crippen LogP contribution in [0.4, 0.5) is 0 Å². The first-order valence-electron chi connectivity index (χ1n) is 12.3. The molecule has 2 aliphatic heterocycles. The summed E-state index contributed by atoms with van der Waals surface area (Å²) in [5, 5.41) is 1.42. The molecule has 1 amide bonds.